The van der Waals surface area contributed by atoms with Crippen molar-refractivity contribution in [3.8, 4) is 0 Å². The minimum absolute atomic E-state index is 0.178. The van der Waals surface area contributed by atoms with Crippen LogP contribution in [0.3, 0.4) is 0 Å². The van der Waals surface area contributed by atoms with Gasteiger partial charge >= 0.3 is 0 Å². The Balaban J connectivity index is 1.60. The molecular formula is C24H29Cl2NO4S. The fourth-order valence-corrected chi connectivity index (χ4v) is 6.56. The minimum Gasteiger partial charge on any atom is -0.353 e. The molecule has 174 valence electrons. The predicted octanol–water partition coefficient (Wildman–Crippen LogP) is 5.65. The van der Waals surface area contributed by atoms with E-state index in [0.29, 0.717) is 41.1 Å². The highest BCUT2D eigenvalue weighted by molar-refractivity contribution is 7.89. The molecule has 32 heavy (non-hydrogen) atoms. The summed E-state index contributed by atoms with van der Waals surface area (Å²) in [6, 6.07) is 14.2. The molecule has 4 rings (SSSR count). The van der Waals surface area contributed by atoms with Crippen LogP contribution < -0.4 is 0 Å². The van der Waals surface area contributed by atoms with Gasteiger partial charge in [-0.3, -0.25) is 0 Å². The van der Waals surface area contributed by atoms with Crippen molar-refractivity contribution in [2.24, 2.45) is 0 Å². The van der Waals surface area contributed by atoms with Crippen molar-refractivity contribution in [1.29, 1.82) is 0 Å². The topological polar surface area (TPSA) is 55.8 Å². The fraction of sp³-hybridized carbons (Fsp3) is 0.500. The van der Waals surface area contributed by atoms with Crippen LogP contribution in [0, 0.1) is 0 Å². The molecule has 2 aliphatic rings. The summed E-state index contributed by atoms with van der Waals surface area (Å²) in [6.07, 6.45) is 5.17. The second-order valence-corrected chi connectivity index (χ2v) is 11.3. The first-order valence-corrected chi connectivity index (χ1v) is 13.3. The highest BCUT2D eigenvalue weighted by Crippen LogP contribution is 2.41. The van der Waals surface area contributed by atoms with Gasteiger partial charge in [0, 0.05) is 25.1 Å². The Morgan fingerprint density at radius 2 is 1.88 bits per heavy atom. The molecule has 8 heteroatoms. The van der Waals surface area contributed by atoms with E-state index in [1.54, 1.807) is 34.6 Å². The zero-order valence-electron chi connectivity index (χ0n) is 18.0. The summed E-state index contributed by atoms with van der Waals surface area (Å²) in [5, 5.41) is 0.963. The van der Waals surface area contributed by atoms with E-state index in [2.05, 4.69) is 0 Å². The number of ether oxygens (including phenoxy) is 2. The van der Waals surface area contributed by atoms with Gasteiger partial charge in [-0.05, 0) is 68.4 Å². The van der Waals surface area contributed by atoms with Crippen molar-refractivity contribution < 1.29 is 17.9 Å². The van der Waals surface area contributed by atoms with Gasteiger partial charge in [-0.2, -0.15) is 4.31 Å². The van der Waals surface area contributed by atoms with Crippen molar-refractivity contribution in [3.05, 3.63) is 64.1 Å². The lowest BCUT2D eigenvalue weighted by molar-refractivity contribution is -0.165. The van der Waals surface area contributed by atoms with Crippen LogP contribution in [-0.2, 0) is 24.9 Å². The van der Waals surface area contributed by atoms with E-state index in [0.717, 1.165) is 44.3 Å². The summed E-state index contributed by atoms with van der Waals surface area (Å²) >= 11 is 12.5. The normalized spacial score (nSPS) is 25.0. The number of hydrogen-bond acceptors (Lipinski definition) is 4. The van der Waals surface area contributed by atoms with Crippen LogP contribution in [0.1, 0.15) is 44.1 Å². The van der Waals surface area contributed by atoms with Crippen LogP contribution in [0.5, 0.6) is 0 Å². The van der Waals surface area contributed by atoms with Gasteiger partial charge in [-0.1, -0.05) is 47.5 Å². The van der Waals surface area contributed by atoms with E-state index >= 15 is 0 Å². The molecule has 2 atom stereocenters. The third kappa shape index (κ3) is 5.32. The molecule has 5 nitrogen and oxygen atoms in total. The summed E-state index contributed by atoms with van der Waals surface area (Å²) in [5.74, 6) is 0. The zero-order valence-corrected chi connectivity index (χ0v) is 20.3. The molecule has 2 aromatic carbocycles. The SMILES string of the molecule is O=S(=O)(c1ccccc1)N1CCCC(CCOC2CCCCO2)(c2ccc(Cl)c(Cl)c2)C1. The molecular weight excluding hydrogens is 469 g/mol. The number of benzene rings is 2. The van der Waals surface area contributed by atoms with Crippen LogP contribution in [0.15, 0.2) is 53.4 Å². The largest absolute Gasteiger partial charge is 0.353 e. The molecule has 0 bridgehead atoms. The lowest BCUT2D eigenvalue weighted by Crippen LogP contribution is -2.49. The second kappa shape index (κ2) is 10.4. The van der Waals surface area contributed by atoms with E-state index in [1.165, 1.54) is 0 Å². The average Bonchev–Trinajstić information content (AvgIpc) is 2.82. The molecule has 2 fully saturated rings. The minimum atomic E-state index is -3.60. The summed E-state index contributed by atoms with van der Waals surface area (Å²) in [7, 11) is -3.60. The van der Waals surface area contributed by atoms with Gasteiger partial charge in [-0.25, -0.2) is 8.42 Å². The van der Waals surface area contributed by atoms with Gasteiger partial charge in [0.1, 0.15) is 0 Å². The third-order valence-corrected chi connectivity index (χ3v) is 9.08. The van der Waals surface area contributed by atoms with Crippen LogP contribution >= 0.6 is 23.2 Å². The van der Waals surface area contributed by atoms with Crippen molar-refractivity contribution in [3.63, 3.8) is 0 Å². The summed E-state index contributed by atoms with van der Waals surface area (Å²) < 4.78 is 40.1. The average molecular weight is 498 g/mol. The molecule has 0 aromatic heterocycles. The van der Waals surface area contributed by atoms with E-state index in [9.17, 15) is 8.42 Å². The molecule has 2 aliphatic heterocycles. The van der Waals surface area contributed by atoms with Gasteiger partial charge in [-0.15, -0.1) is 0 Å². The smallest absolute Gasteiger partial charge is 0.243 e. The summed E-state index contributed by atoms with van der Waals surface area (Å²) in [5.41, 5.74) is 0.580. The maximum absolute atomic E-state index is 13.4. The van der Waals surface area contributed by atoms with Gasteiger partial charge in [0.05, 0.1) is 21.5 Å². The van der Waals surface area contributed by atoms with E-state index in [1.807, 2.05) is 18.2 Å². The predicted molar refractivity (Wildman–Crippen MR) is 127 cm³/mol. The lowest BCUT2D eigenvalue weighted by atomic mass is 9.72. The van der Waals surface area contributed by atoms with Gasteiger partial charge in [0.2, 0.25) is 10.0 Å². The van der Waals surface area contributed by atoms with Crippen LogP contribution in [-0.4, -0.2) is 45.3 Å². The van der Waals surface area contributed by atoms with E-state index < -0.39 is 15.4 Å². The Morgan fingerprint density at radius 1 is 1.06 bits per heavy atom. The van der Waals surface area contributed by atoms with Crippen molar-refractivity contribution in [2.45, 2.75) is 55.1 Å². The van der Waals surface area contributed by atoms with Crippen LogP contribution in [0.25, 0.3) is 0 Å². The van der Waals surface area contributed by atoms with Crippen LogP contribution in [0.4, 0.5) is 0 Å². The molecule has 0 saturated carbocycles. The molecule has 2 aromatic rings. The highest BCUT2D eigenvalue weighted by Gasteiger charge is 2.41. The molecule has 0 radical (unpaired) electrons. The van der Waals surface area contributed by atoms with Crippen LogP contribution in [0.2, 0.25) is 10.0 Å². The lowest BCUT2D eigenvalue weighted by Gasteiger charge is -2.43. The second-order valence-electron chi connectivity index (χ2n) is 8.58. The first-order valence-electron chi connectivity index (χ1n) is 11.1. The standard InChI is InChI=1S/C24H29Cl2NO4S/c25-21-11-10-19(17-22(21)26)24(13-16-31-23-9-4-5-15-30-23)12-6-14-27(18-24)32(28,29)20-7-2-1-3-8-20/h1-3,7-8,10-11,17,23H,4-6,9,12-16,18H2. The molecule has 2 heterocycles. The summed E-state index contributed by atoms with van der Waals surface area (Å²) in [4.78, 5) is 0.316. The highest BCUT2D eigenvalue weighted by atomic mass is 35.5. The zero-order chi connectivity index (χ0) is 22.6. The molecule has 0 amide bonds. The van der Waals surface area contributed by atoms with Crippen molar-refractivity contribution in [1.82, 2.24) is 4.31 Å². The fourth-order valence-electron chi connectivity index (χ4n) is 4.67. The first-order chi connectivity index (χ1) is 15.4. The van der Waals surface area contributed by atoms with E-state index in [-0.39, 0.29) is 6.29 Å². The maximum atomic E-state index is 13.4. The Kier molecular flexibility index (Phi) is 7.81. The Labute approximate surface area is 200 Å². The third-order valence-electron chi connectivity index (χ3n) is 6.48. The quantitative estimate of drug-likeness (QED) is 0.495. The molecule has 2 unspecified atom stereocenters. The molecule has 0 N–H and O–H groups in total. The van der Waals surface area contributed by atoms with Crippen molar-refractivity contribution in [2.75, 3.05) is 26.3 Å². The monoisotopic (exact) mass is 497 g/mol. The van der Waals surface area contributed by atoms with Crippen molar-refractivity contribution >= 4 is 33.2 Å². The van der Waals surface area contributed by atoms with Gasteiger partial charge < -0.3 is 9.47 Å². The maximum Gasteiger partial charge on any atom is 0.243 e. The summed E-state index contributed by atoms with van der Waals surface area (Å²) in [6.45, 7) is 2.08. The number of piperidine rings is 1. The number of rotatable bonds is 7. The Hall–Kier alpha value is -1.15. The molecule has 2 saturated heterocycles. The number of sulfonamides is 1. The number of nitrogens with zero attached hydrogens (tertiary/aromatic N) is 1. The number of hydrogen-bond donors (Lipinski definition) is 0. The Bertz CT molecular complexity index is 1010. The molecule has 0 aliphatic carbocycles. The van der Waals surface area contributed by atoms with E-state index in [4.69, 9.17) is 32.7 Å². The van der Waals surface area contributed by atoms with Gasteiger partial charge in [0.25, 0.3) is 0 Å². The first kappa shape index (κ1) is 24.0. The number of halogens is 2. The Morgan fingerprint density at radius 3 is 2.59 bits per heavy atom. The molecule has 0 spiro atoms. The van der Waals surface area contributed by atoms with Gasteiger partial charge in [0.15, 0.2) is 6.29 Å².